The van der Waals surface area contributed by atoms with E-state index in [1.807, 2.05) is 0 Å². The minimum Gasteiger partial charge on any atom is -0.497 e. The molecule has 0 aliphatic heterocycles. The predicted octanol–water partition coefficient (Wildman–Crippen LogP) is 1.36. The molecule has 0 bridgehead atoms. The molecular weight excluding hydrogens is 350 g/mol. The van der Waals surface area contributed by atoms with Gasteiger partial charge in [-0.1, -0.05) is 12.1 Å². The standard InChI is InChI=1S/C19H19N3O5/c1-21-18(24)15-6-4-5-7-16(15)22(19(21)25)11-17(23)20-12-8-13(26-2)10-14(9-12)27-3/h4-10H,11H2,1-3H3,(H,20,23). The summed E-state index contributed by atoms with van der Waals surface area (Å²) in [4.78, 5) is 37.3. The van der Waals surface area contributed by atoms with Crippen LogP contribution in [-0.4, -0.2) is 29.3 Å². The van der Waals surface area contributed by atoms with E-state index < -0.39 is 17.2 Å². The fourth-order valence-electron chi connectivity index (χ4n) is 2.82. The lowest BCUT2D eigenvalue weighted by atomic mass is 10.2. The molecule has 1 amide bonds. The number of nitrogens with zero attached hydrogens (tertiary/aromatic N) is 2. The van der Waals surface area contributed by atoms with Crippen molar-refractivity contribution in [1.29, 1.82) is 0 Å². The number of anilines is 1. The third kappa shape index (κ3) is 3.55. The summed E-state index contributed by atoms with van der Waals surface area (Å²) in [5.74, 6) is 0.625. The maximum atomic E-state index is 12.5. The summed E-state index contributed by atoms with van der Waals surface area (Å²) in [6, 6.07) is 11.6. The molecular formula is C19H19N3O5. The Balaban J connectivity index is 1.96. The molecule has 27 heavy (non-hydrogen) atoms. The van der Waals surface area contributed by atoms with Crippen molar-refractivity contribution in [3.8, 4) is 11.5 Å². The molecule has 1 aromatic heterocycles. The monoisotopic (exact) mass is 369 g/mol. The summed E-state index contributed by atoms with van der Waals surface area (Å²) < 4.78 is 12.6. The van der Waals surface area contributed by atoms with Crippen LogP contribution in [0.1, 0.15) is 0 Å². The molecule has 3 rings (SSSR count). The Kier molecular flexibility index (Phi) is 4.98. The van der Waals surface area contributed by atoms with Crippen LogP contribution in [0.2, 0.25) is 0 Å². The summed E-state index contributed by atoms with van der Waals surface area (Å²) in [5, 5.41) is 3.09. The Morgan fingerprint density at radius 1 is 1.04 bits per heavy atom. The molecule has 140 valence electrons. The highest BCUT2D eigenvalue weighted by atomic mass is 16.5. The molecule has 0 aliphatic carbocycles. The minimum atomic E-state index is -0.558. The second-order valence-corrected chi connectivity index (χ2v) is 5.90. The number of benzene rings is 2. The van der Waals surface area contributed by atoms with Gasteiger partial charge in [-0.2, -0.15) is 0 Å². The topological polar surface area (TPSA) is 91.6 Å². The molecule has 2 aromatic carbocycles. The van der Waals surface area contributed by atoms with Crippen molar-refractivity contribution in [2.24, 2.45) is 7.05 Å². The first kappa shape index (κ1) is 18.2. The van der Waals surface area contributed by atoms with Crippen LogP contribution in [0, 0.1) is 0 Å². The van der Waals surface area contributed by atoms with Crippen LogP contribution in [-0.2, 0) is 18.4 Å². The lowest BCUT2D eigenvalue weighted by molar-refractivity contribution is -0.116. The summed E-state index contributed by atoms with van der Waals surface area (Å²) >= 11 is 0. The summed E-state index contributed by atoms with van der Waals surface area (Å²) in [7, 11) is 4.41. The Morgan fingerprint density at radius 2 is 1.67 bits per heavy atom. The molecule has 0 radical (unpaired) electrons. The number of ether oxygens (including phenoxy) is 2. The molecule has 0 saturated carbocycles. The van der Waals surface area contributed by atoms with Crippen molar-refractivity contribution in [3.63, 3.8) is 0 Å². The van der Waals surface area contributed by atoms with Gasteiger partial charge in [0.25, 0.3) is 5.56 Å². The summed E-state index contributed by atoms with van der Waals surface area (Å²) in [6.07, 6.45) is 0. The van der Waals surface area contributed by atoms with E-state index in [-0.39, 0.29) is 6.54 Å². The zero-order chi connectivity index (χ0) is 19.6. The first-order valence-corrected chi connectivity index (χ1v) is 8.16. The van der Waals surface area contributed by atoms with E-state index in [9.17, 15) is 14.4 Å². The SMILES string of the molecule is COc1cc(NC(=O)Cn2c(=O)n(C)c(=O)c3ccccc32)cc(OC)c1. The minimum absolute atomic E-state index is 0.243. The molecule has 1 heterocycles. The number of amides is 1. The van der Waals surface area contributed by atoms with Gasteiger partial charge in [0.1, 0.15) is 18.0 Å². The quantitative estimate of drug-likeness (QED) is 0.733. The van der Waals surface area contributed by atoms with Crippen molar-refractivity contribution >= 4 is 22.5 Å². The third-order valence-electron chi connectivity index (χ3n) is 4.18. The van der Waals surface area contributed by atoms with Gasteiger partial charge in [-0.05, 0) is 12.1 Å². The van der Waals surface area contributed by atoms with Crippen LogP contribution >= 0.6 is 0 Å². The second kappa shape index (κ2) is 7.36. The molecule has 0 saturated heterocycles. The molecule has 3 aromatic rings. The van der Waals surface area contributed by atoms with Gasteiger partial charge in [0.2, 0.25) is 5.91 Å². The summed E-state index contributed by atoms with van der Waals surface area (Å²) in [6.45, 7) is -0.243. The molecule has 0 fully saturated rings. The van der Waals surface area contributed by atoms with Gasteiger partial charge in [0.05, 0.1) is 25.1 Å². The van der Waals surface area contributed by atoms with Crippen LogP contribution in [0.25, 0.3) is 10.9 Å². The lowest BCUT2D eigenvalue weighted by Gasteiger charge is -2.13. The van der Waals surface area contributed by atoms with E-state index in [0.717, 1.165) is 4.57 Å². The van der Waals surface area contributed by atoms with E-state index in [1.54, 1.807) is 42.5 Å². The van der Waals surface area contributed by atoms with Crippen molar-refractivity contribution in [1.82, 2.24) is 9.13 Å². The maximum Gasteiger partial charge on any atom is 0.331 e. The van der Waals surface area contributed by atoms with E-state index in [4.69, 9.17) is 9.47 Å². The van der Waals surface area contributed by atoms with Crippen LogP contribution in [0.5, 0.6) is 11.5 Å². The number of para-hydroxylation sites is 1. The van der Waals surface area contributed by atoms with Crippen molar-refractivity contribution < 1.29 is 14.3 Å². The van der Waals surface area contributed by atoms with Crippen LogP contribution in [0.15, 0.2) is 52.1 Å². The van der Waals surface area contributed by atoms with Gasteiger partial charge in [0.15, 0.2) is 0 Å². The Hall–Kier alpha value is -3.55. The number of rotatable bonds is 5. The third-order valence-corrected chi connectivity index (χ3v) is 4.18. The number of nitrogens with one attached hydrogen (secondary N) is 1. The number of fused-ring (bicyclic) bond motifs is 1. The Labute approximate surface area is 154 Å². The average molecular weight is 369 g/mol. The van der Waals surface area contributed by atoms with Crippen molar-refractivity contribution in [3.05, 3.63) is 63.3 Å². The smallest absolute Gasteiger partial charge is 0.331 e. The van der Waals surface area contributed by atoms with Crippen molar-refractivity contribution in [2.45, 2.75) is 6.54 Å². The number of methoxy groups -OCH3 is 2. The summed E-state index contributed by atoms with van der Waals surface area (Å²) in [5.41, 5.74) is -0.0794. The number of hydrogen-bond donors (Lipinski definition) is 1. The number of carbonyl (C=O) groups is 1. The van der Waals surface area contributed by atoms with Gasteiger partial charge in [-0.15, -0.1) is 0 Å². The van der Waals surface area contributed by atoms with Gasteiger partial charge in [0, 0.05) is 30.9 Å². The zero-order valence-electron chi connectivity index (χ0n) is 15.2. The highest BCUT2D eigenvalue weighted by Gasteiger charge is 2.14. The highest BCUT2D eigenvalue weighted by molar-refractivity contribution is 5.92. The molecule has 0 unspecified atom stereocenters. The van der Waals surface area contributed by atoms with Crippen LogP contribution in [0.3, 0.4) is 0 Å². The molecule has 0 atom stereocenters. The van der Waals surface area contributed by atoms with Crippen molar-refractivity contribution in [2.75, 3.05) is 19.5 Å². The second-order valence-electron chi connectivity index (χ2n) is 5.90. The fourth-order valence-corrected chi connectivity index (χ4v) is 2.82. The van der Waals surface area contributed by atoms with Gasteiger partial charge in [-0.25, -0.2) is 4.79 Å². The highest BCUT2D eigenvalue weighted by Crippen LogP contribution is 2.25. The van der Waals surface area contributed by atoms with E-state index in [1.165, 1.54) is 25.8 Å². The Morgan fingerprint density at radius 3 is 2.30 bits per heavy atom. The first-order valence-electron chi connectivity index (χ1n) is 8.16. The van der Waals surface area contributed by atoms with E-state index in [0.29, 0.717) is 28.1 Å². The number of aromatic nitrogens is 2. The number of hydrogen-bond acceptors (Lipinski definition) is 5. The molecule has 8 heteroatoms. The number of carbonyl (C=O) groups excluding carboxylic acids is 1. The van der Waals surface area contributed by atoms with Gasteiger partial charge in [-0.3, -0.25) is 18.7 Å². The largest absolute Gasteiger partial charge is 0.497 e. The molecule has 0 aliphatic rings. The zero-order valence-corrected chi connectivity index (χ0v) is 15.2. The average Bonchev–Trinajstić information content (AvgIpc) is 2.69. The molecule has 1 N–H and O–H groups in total. The lowest BCUT2D eigenvalue weighted by Crippen LogP contribution is -2.40. The maximum absolute atomic E-state index is 12.5. The van der Waals surface area contributed by atoms with Gasteiger partial charge < -0.3 is 14.8 Å². The Bertz CT molecular complexity index is 1110. The fraction of sp³-hybridized carbons (Fsp3) is 0.211. The van der Waals surface area contributed by atoms with Crippen LogP contribution < -0.4 is 26.0 Å². The normalized spacial score (nSPS) is 10.6. The first-order chi connectivity index (χ1) is 12.9. The molecule has 0 spiro atoms. The predicted molar refractivity (Wildman–Crippen MR) is 102 cm³/mol. The van der Waals surface area contributed by atoms with Gasteiger partial charge >= 0.3 is 5.69 Å². The van der Waals surface area contributed by atoms with E-state index in [2.05, 4.69) is 5.32 Å². The van der Waals surface area contributed by atoms with E-state index >= 15 is 0 Å². The van der Waals surface area contributed by atoms with Crippen LogP contribution in [0.4, 0.5) is 5.69 Å². The molecule has 8 nitrogen and oxygen atoms in total.